The molecule has 1 heterocycles. The third-order valence-electron chi connectivity index (χ3n) is 1.76. The van der Waals surface area contributed by atoms with E-state index in [1.165, 1.54) is 6.92 Å². The third-order valence-corrected chi connectivity index (χ3v) is 1.76. The average molecular weight is 182 g/mol. The van der Waals surface area contributed by atoms with E-state index in [2.05, 4.69) is 4.98 Å². The molecule has 72 valence electrons. The van der Waals surface area contributed by atoms with E-state index >= 15 is 0 Å². The van der Waals surface area contributed by atoms with Crippen molar-refractivity contribution in [2.45, 2.75) is 32.9 Å². The van der Waals surface area contributed by atoms with E-state index in [4.69, 9.17) is 4.74 Å². The summed E-state index contributed by atoms with van der Waals surface area (Å²) < 4.78 is 6.99. The molecule has 13 heavy (non-hydrogen) atoms. The first kappa shape index (κ1) is 9.77. The second kappa shape index (κ2) is 4.64. The molecule has 1 aromatic heterocycles. The number of carbonyl (C=O) groups excluding carboxylic acids is 1. The Bertz CT molecular complexity index is 257. The molecule has 1 atom stereocenters. The summed E-state index contributed by atoms with van der Waals surface area (Å²) >= 11 is 0. The summed E-state index contributed by atoms with van der Waals surface area (Å²) in [5.41, 5.74) is 0. The number of nitrogens with zero attached hydrogens (tertiary/aromatic N) is 2. The number of hydrogen-bond donors (Lipinski definition) is 0. The summed E-state index contributed by atoms with van der Waals surface area (Å²) in [5.74, 6) is -0.230. The Hall–Kier alpha value is -1.32. The van der Waals surface area contributed by atoms with Crippen LogP contribution in [0.3, 0.4) is 0 Å². The van der Waals surface area contributed by atoms with Crippen LogP contribution < -0.4 is 0 Å². The average Bonchev–Trinajstić information content (AvgIpc) is 2.55. The predicted molar refractivity (Wildman–Crippen MR) is 48.1 cm³/mol. The lowest BCUT2D eigenvalue weighted by Crippen LogP contribution is -2.20. The van der Waals surface area contributed by atoms with Crippen LogP contribution in [0.5, 0.6) is 0 Å². The first-order valence-electron chi connectivity index (χ1n) is 4.35. The molecule has 0 fully saturated rings. The van der Waals surface area contributed by atoms with Crippen molar-refractivity contribution in [2.75, 3.05) is 0 Å². The summed E-state index contributed by atoms with van der Waals surface area (Å²) in [7, 11) is 0. The van der Waals surface area contributed by atoms with Gasteiger partial charge in [0.1, 0.15) is 6.10 Å². The largest absolute Gasteiger partial charge is 0.461 e. The van der Waals surface area contributed by atoms with Gasteiger partial charge in [-0.3, -0.25) is 4.79 Å². The van der Waals surface area contributed by atoms with Gasteiger partial charge in [-0.15, -0.1) is 0 Å². The SMILES string of the molecule is CC[C@@H](Cn1ccnc1)OC(C)=O. The normalized spacial score (nSPS) is 12.5. The Morgan fingerprint density at radius 2 is 2.46 bits per heavy atom. The number of rotatable bonds is 4. The van der Waals surface area contributed by atoms with Crippen LogP contribution in [0.4, 0.5) is 0 Å². The zero-order valence-electron chi connectivity index (χ0n) is 7.93. The van der Waals surface area contributed by atoms with Crippen molar-refractivity contribution < 1.29 is 9.53 Å². The molecule has 0 unspecified atom stereocenters. The minimum Gasteiger partial charge on any atom is -0.461 e. The summed E-state index contributed by atoms with van der Waals surface area (Å²) in [6, 6.07) is 0. The molecule has 0 saturated heterocycles. The summed E-state index contributed by atoms with van der Waals surface area (Å²) in [6.07, 6.45) is 6.04. The Balaban J connectivity index is 2.45. The maximum absolute atomic E-state index is 10.7. The van der Waals surface area contributed by atoms with Crippen molar-refractivity contribution in [3.63, 3.8) is 0 Å². The van der Waals surface area contributed by atoms with Gasteiger partial charge >= 0.3 is 5.97 Å². The van der Waals surface area contributed by atoms with Gasteiger partial charge in [0.25, 0.3) is 0 Å². The van der Waals surface area contributed by atoms with Crippen LogP contribution in [0.25, 0.3) is 0 Å². The van der Waals surface area contributed by atoms with Crippen molar-refractivity contribution in [1.82, 2.24) is 9.55 Å². The molecular weight excluding hydrogens is 168 g/mol. The van der Waals surface area contributed by atoms with Crippen molar-refractivity contribution in [3.8, 4) is 0 Å². The number of esters is 1. The molecule has 0 aliphatic rings. The van der Waals surface area contributed by atoms with E-state index in [1.54, 1.807) is 12.5 Å². The predicted octanol–water partition coefficient (Wildman–Crippen LogP) is 1.22. The highest BCUT2D eigenvalue weighted by Gasteiger charge is 2.09. The molecule has 4 nitrogen and oxygen atoms in total. The zero-order valence-corrected chi connectivity index (χ0v) is 7.93. The van der Waals surface area contributed by atoms with Crippen molar-refractivity contribution in [2.24, 2.45) is 0 Å². The Kier molecular flexibility index (Phi) is 3.49. The maximum atomic E-state index is 10.7. The Labute approximate surface area is 77.5 Å². The minimum absolute atomic E-state index is 0.0494. The molecule has 0 aliphatic carbocycles. The van der Waals surface area contributed by atoms with Crippen LogP contribution in [0.15, 0.2) is 18.7 Å². The highest BCUT2D eigenvalue weighted by molar-refractivity contribution is 5.66. The summed E-state index contributed by atoms with van der Waals surface area (Å²) in [5, 5.41) is 0. The van der Waals surface area contributed by atoms with E-state index in [0.29, 0.717) is 6.54 Å². The van der Waals surface area contributed by atoms with Crippen LogP contribution in [0, 0.1) is 0 Å². The van der Waals surface area contributed by atoms with Crippen LogP contribution in [-0.2, 0) is 16.1 Å². The highest BCUT2D eigenvalue weighted by atomic mass is 16.5. The number of carbonyl (C=O) groups is 1. The van der Waals surface area contributed by atoms with Crippen LogP contribution >= 0.6 is 0 Å². The van der Waals surface area contributed by atoms with Gasteiger partial charge in [0.2, 0.25) is 0 Å². The van der Waals surface area contributed by atoms with Gasteiger partial charge in [0.05, 0.1) is 12.9 Å². The van der Waals surface area contributed by atoms with Gasteiger partial charge in [0.15, 0.2) is 0 Å². The maximum Gasteiger partial charge on any atom is 0.302 e. The molecule has 0 saturated carbocycles. The van der Waals surface area contributed by atoms with Crippen LogP contribution in [-0.4, -0.2) is 21.6 Å². The topological polar surface area (TPSA) is 44.1 Å². The molecule has 0 amide bonds. The van der Waals surface area contributed by atoms with E-state index in [0.717, 1.165) is 6.42 Å². The van der Waals surface area contributed by atoms with Gasteiger partial charge in [-0.25, -0.2) is 4.98 Å². The molecular formula is C9H14N2O2. The van der Waals surface area contributed by atoms with Crippen molar-refractivity contribution in [1.29, 1.82) is 0 Å². The lowest BCUT2D eigenvalue weighted by molar-refractivity contribution is -0.147. The highest BCUT2D eigenvalue weighted by Crippen LogP contribution is 2.02. The summed E-state index contributed by atoms with van der Waals surface area (Å²) in [6.45, 7) is 4.09. The molecule has 0 aromatic carbocycles. The minimum atomic E-state index is -0.230. The molecule has 0 radical (unpaired) electrons. The molecule has 0 N–H and O–H groups in total. The molecule has 1 aromatic rings. The van der Waals surface area contributed by atoms with Crippen molar-refractivity contribution >= 4 is 5.97 Å². The monoisotopic (exact) mass is 182 g/mol. The standard InChI is InChI=1S/C9H14N2O2/c1-3-9(13-8(2)12)6-11-5-4-10-7-11/h4-5,7,9H,3,6H2,1-2H3/t9-/m0/s1. The Morgan fingerprint density at radius 1 is 1.69 bits per heavy atom. The zero-order chi connectivity index (χ0) is 9.68. The second-order valence-corrected chi connectivity index (χ2v) is 2.90. The van der Waals surface area contributed by atoms with Gasteiger partial charge in [-0.1, -0.05) is 6.92 Å². The number of ether oxygens (including phenoxy) is 1. The fourth-order valence-corrected chi connectivity index (χ4v) is 1.11. The molecule has 1 rings (SSSR count). The smallest absolute Gasteiger partial charge is 0.302 e. The molecule has 0 bridgehead atoms. The first-order valence-corrected chi connectivity index (χ1v) is 4.35. The van der Waals surface area contributed by atoms with E-state index < -0.39 is 0 Å². The number of imidazole rings is 1. The van der Waals surface area contributed by atoms with Gasteiger partial charge in [0, 0.05) is 19.3 Å². The number of hydrogen-bond acceptors (Lipinski definition) is 3. The molecule has 0 aliphatic heterocycles. The fraction of sp³-hybridized carbons (Fsp3) is 0.556. The molecule has 0 spiro atoms. The third kappa shape index (κ3) is 3.27. The fourth-order valence-electron chi connectivity index (χ4n) is 1.11. The van der Waals surface area contributed by atoms with Crippen LogP contribution in [0.2, 0.25) is 0 Å². The van der Waals surface area contributed by atoms with Crippen LogP contribution in [0.1, 0.15) is 20.3 Å². The van der Waals surface area contributed by atoms with E-state index in [-0.39, 0.29) is 12.1 Å². The Morgan fingerprint density at radius 3 is 2.92 bits per heavy atom. The van der Waals surface area contributed by atoms with Crippen molar-refractivity contribution in [3.05, 3.63) is 18.7 Å². The number of aromatic nitrogens is 2. The van der Waals surface area contributed by atoms with Gasteiger partial charge < -0.3 is 9.30 Å². The first-order chi connectivity index (χ1) is 6.22. The quantitative estimate of drug-likeness (QED) is 0.658. The van der Waals surface area contributed by atoms with Gasteiger partial charge in [-0.2, -0.15) is 0 Å². The lowest BCUT2D eigenvalue weighted by atomic mass is 10.3. The summed E-state index contributed by atoms with van der Waals surface area (Å²) in [4.78, 5) is 14.6. The molecule has 4 heteroatoms. The lowest BCUT2D eigenvalue weighted by Gasteiger charge is -2.14. The van der Waals surface area contributed by atoms with E-state index in [1.807, 2.05) is 17.7 Å². The van der Waals surface area contributed by atoms with Gasteiger partial charge in [-0.05, 0) is 6.42 Å². The van der Waals surface area contributed by atoms with E-state index in [9.17, 15) is 4.79 Å². The second-order valence-electron chi connectivity index (χ2n) is 2.90.